The highest BCUT2D eigenvalue weighted by molar-refractivity contribution is 7.90. The van der Waals surface area contributed by atoms with E-state index in [9.17, 15) is 13.2 Å². The van der Waals surface area contributed by atoms with Gasteiger partial charge in [-0.15, -0.1) is 5.10 Å². The number of aromatic nitrogens is 2. The van der Waals surface area contributed by atoms with E-state index in [4.69, 9.17) is 4.42 Å². The fourth-order valence-electron chi connectivity index (χ4n) is 2.81. The van der Waals surface area contributed by atoms with E-state index in [0.717, 1.165) is 38.4 Å². The van der Waals surface area contributed by atoms with Gasteiger partial charge in [0.2, 0.25) is 21.6 Å². The zero-order chi connectivity index (χ0) is 17.0. The molecular formula is C15H25N3O4S. The molecule has 1 aliphatic carbocycles. The third-order valence-corrected chi connectivity index (χ3v) is 5.29. The minimum Gasteiger partial charge on any atom is -0.410 e. The summed E-state index contributed by atoms with van der Waals surface area (Å²) in [6.07, 6.45) is 6.94. The molecule has 1 N–H and O–H groups in total. The van der Waals surface area contributed by atoms with Gasteiger partial charge in [-0.2, -0.15) is 0 Å². The van der Waals surface area contributed by atoms with Crippen LogP contribution < -0.4 is 5.32 Å². The molecule has 1 amide bonds. The summed E-state index contributed by atoms with van der Waals surface area (Å²) in [6.45, 7) is 3.97. The van der Waals surface area contributed by atoms with E-state index in [0.29, 0.717) is 0 Å². The molecule has 8 heteroatoms. The van der Waals surface area contributed by atoms with Gasteiger partial charge in [0.1, 0.15) is 6.04 Å². The van der Waals surface area contributed by atoms with Gasteiger partial charge in [-0.3, -0.25) is 4.79 Å². The molecular weight excluding hydrogens is 318 g/mol. The number of nitrogens with zero attached hydrogens (tertiary/aromatic N) is 2. The first-order valence-corrected chi connectivity index (χ1v) is 10.1. The van der Waals surface area contributed by atoms with Crippen molar-refractivity contribution in [2.24, 2.45) is 11.8 Å². The molecule has 0 bridgehead atoms. The quantitative estimate of drug-likeness (QED) is 0.850. The lowest BCUT2D eigenvalue weighted by atomic mass is 9.88. The highest BCUT2D eigenvalue weighted by Crippen LogP contribution is 2.28. The van der Waals surface area contributed by atoms with Gasteiger partial charge in [-0.25, -0.2) is 8.42 Å². The van der Waals surface area contributed by atoms with Gasteiger partial charge < -0.3 is 9.73 Å². The molecule has 0 aromatic carbocycles. The van der Waals surface area contributed by atoms with Crippen LogP contribution >= 0.6 is 0 Å². The zero-order valence-corrected chi connectivity index (χ0v) is 14.7. The largest absolute Gasteiger partial charge is 0.410 e. The number of carbonyl (C=O) groups excluding carboxylic acids is 1. The van der Waals surface area contributed by atoms with Crippen molar-refractivity contribution in [3.63, 3.8) is 0 Å². The van der Waals surface area contributed by atoms with Crippen LogP contribution in [0.25, 0.3) is 0 Å². The first kappa shape index (κ1) is 17.9. The van der Waals surface area contributed by atoms with Crippen molar-refractivity contribution in [1.29, 1.82) is 0 Å². The predicted octanol–water partition coefficient (Wildman–Crippen LogP) is 2.26. The molecule has 1 aromatic heterocycles. The van der Waals surface area contributed by atoms with Crippen LogP contribution in [0, 0.1) is 11.8 Å². The summed E-state index contributed by atoms with van der Waals surface area (Å²) < 4.78 is 28.3. The van der Waals surface area contributed by atoms with Crippen LogP contribution in [0.3, 0.4) is 0 Å². The van der Waals surface area contributed by atoms with Crippen LogP contribution in [0.5, 0.6) is 0 Å². The van der Waals surface area contributed by atoms with E-state index in [1.54, 1.807) is 0 Å². The van der Waals surface area contributed by atoms with Crippen LogP contribution in [0.2, 0.25) is 0 Å². The fraction of sp³-hybridized carbons (Fsp3) is 0.800. The Morgan fingerprint density at radius 2 is 1.96 bits per heavy atom. The fourth-order valence-corrected chi connectivity index (χ4v) is 3.24. The van der Waals surface area contributed by atoms with Gasteiger partial charge in [0.15, 0.2) is 0 Å². The first-order chi connectivity index (χ1) is 10.8. The van der Waals surface area contributed by atoms with Crippen molar-refractivity contribution >= 4 is 15.7 Å². The maximum Gasteiger partial charge on any atom is 0.335 e. The van der Waals surface area contributed by atoms with Crippen LogP contribution in [-0.4, -0.2) is 30.8 Å². The Labute approximate surface area is 137 Å². The summed E-state index contributed by atoms with van der Waals surface area (Å²) in [5, 5.41) is 10.0. The number of sulfone groups is 1. The Morgan fingerprint density at radius 3 is 2.48 bits per heavy atom. The van der Waals surface area contributed by atoms with Gasteiger partial charge >= 0.3 is 5.22 Å². The molecule has 2 rings (SSSR count). The molecule has 0 saturated heterocycles. The summed E-state index contributed by atoms with van der Waals surface area (Å²) in [5.41, 5.74) is 0. The number of hydrogen-bond donors (Lipinski definition) is 1. The lowest BCUT2D eigenvalue weighted by Gasteiger charge is -2.26. The van der Waals surface area contributed by atoms with Gasteiger partial charge in [-0.1, -0.05) is 44.6 Å². The van der Waals surface area contributed by atoms with Crippen LogP contribution in [0.15, 0.2) is 9.64 Å². The second-order valence-corrected chi connectivity index (χ2v) is 8.28. The summed E-state index contributed by atoms with van der Waals surface area (Å²) in [7, 11) is -3.55. The molecule has 0 unspecified atom stereocenters. The monoisotopic (exact) mass is 343 g/mol. The number of nitrogens with one attached hydrogen (secondary N) is 1. The Bertz CT molecular complexity index is 635. The topological polar surface area (TPSA) is 102 Å². The SMILES string of the molecule is CC[C@@H](C)[C@H](NC(=O)C1CCCCC1)c1nnc(S(C)(=O)=O)o1. The van der Waals surface area contributed by atoms with Crippen LogP contribution in [-0.2, 0) is 14.6 Å². The van der Waals surface area contributed by atoms with E-state index in [-0.39, 0.29) is 23.6 Å². The molecule has 1 fully saturated rings. The molecule has 0 radical (unpaired) electrons. The molecule has 0 spiro atoms. The zero-order valence-electron chi connectivity index (χ0n) is 13.9. The van der Waals surface area contributed by atoms with Crippen molar-refractivity contribution in [2.45, 2.75) is 63.6 Å². The third kappa shape index (κ3) is 4.53. The van der Waals surface area contributed by atoms with Crippen molar-refractivity contribution < 1.29 is 17.6 Å². The second kappa shape index (κ2) is 7.42. The van der Waals surface area contributed by atoms with Gasteiger partial charge in [0.05, 0.1) is 0 Å². The molecule has 0 aliphatic heterocycles. The molecule has 1 aliphatic rings. The number of amides is 1. The van der Waals surface area contributed by atoms with Gasteiger partial charge in [0, 0.05) is 12.2 Å². The Balaban J connectivity index is 2.16. The first-order valence-electron chi connectivity index (χ1n) is 8.16. The third-order valence-electron chi connectivity index (χ3n) is 4.49. The van der Waals surface area contributed by atoms with Crippen molar-refractivity contribution in [3.8, 4) is 0 Å². The van der Waals surface area contributed by atoms with E-state index in [2.05, 4.69) is 15.5 Å². The molecule has 130 valence electrons. The van der Waals surface area contributed by atoms with Crippen LogP contribution in [0.4, 0.5) is 0 Å². The van der Waals surface area contributed by atoms with Crippen LogP contribution in [0.1, 0.15) is 64.3 Å². The smallest absolute Gasteiger partial charge is 0.335 e. The lowest BCUT2D eigenvalue weighted by Crippen LogP contribution is -2.37. The normalized spacial score (nSPS) is 19.3. The maximum absolute atomic E-state index is 12.5. The predicted molar refractivity (Wildman–Crippen MR) is 84.3 cm³/mol. The number of carbonyl (C=O) groups is 1. The summed E-state index contributed by atoms with van der Waals surface area (Å²) in [6, 6.07) is -0.461. The lowest BCUT2D eigenvalue weighted by molar-refractivity contribution is -0.127. The molecule has 1 heterocycles. The highest BCUT2D eigenvalue weighted by Gasteiger charge is 2.30. The van der Waals surface area contributed by atoms with Crippen molar-refractivity contribution in [2.75, 3.05) is 6.26 Å². The summed E-state index contributed by atoms with van der Waals surface area (Å²) in [4.78, 5) is 12.5. The number of rotatable bonds is 6. The minimum absolute atomic E-state index is 0.00546. The molecule has 2 atom stereocenters. The van der Waals surface area contributed by atoms with E-state index >= 15 is 0 Å². The highest BCUT2D eigenvalue weighted by atomic mass is 32.2. The van der Waals surface area contributed by atoms with Crippen molar-refractivity contribution in [3.05, 3.63) is 5.89 Å². The second-order valence-electron chi connectivity index (χ2n) is 6.39. The molecule has 23 heavy (non-hydrogen) atoms. The average molecular weight is 343 g/mol. The molecule has 7 nitrogen and oxygen atoms in total. The Hall–Kier alpha value is -1.44. The summed E-state index contributed by atoms with van der Waals surface area (Å²) >= 11 is 0. The van der Waals surface area contributed by atoms with Crippen molar-refractivity contribution in [1.82, 2.24) is 15.5 Å². The summed E-state index contributed by atoms with van der Waals surface area (Å²) in [5.74, 6) is 0.237. The van der Waals surface area contributed by atoms with Gasteiger partial charge in [-0.05, 0) is 18.8 Å². The number of hydrogen-bond acceptors (Lipinski definition) is 6. The molecule has 1 saturated carbocycles. The molecule has 1 aromatic rings. The average Bonchev–Trinajstić information content (AvgIpc) is 3.02. The standard InChI is InChI=1S/C15H25N3O4S/c1-4-10(2)12(14-17-18-15(22-14)23(3,20)21)16-13(19)11-8-6-5-7-9-11/h10-12H,4-9H2,1-3H3,(H,16,19)/t10-,12+/m1/s1. The van der Waals surface area contributed by atoms with E-state index < -0.39 is 21.1 Å². The Kier molecular flexibility index (Phi) is 5.78. The van der Waals surface area contributed by atoms with E-state index in [1.165, 1.54) is 6.42 Å². The maximum atomic E-state index is 12.5. The van der Waals surface area contributed by atoms with Gasteiger partial charge in [0.25, 0.3) is 0 Å². The van der Waals surface area contributed by atoms with E-state index in [1.807, 2.05) is 13.8 Å². The Morgan fingerprint density at radius 1 is 1.30 bits per heavy atom. The minimum atomic E-state index is -3.55.